The number of nitrogens with zero attached hydrogens (tertiary/aromatic N) is 1. The van der Waals surface area contributed by atoms with Gasteiger partial charge in [-0.05, 0) is 27.2 Å². The molecule has 1 amide bonds. The van der Waals surface area contributed by atoms with Crippen molar-refractivity contribution >= 4 is 32.5 Å². The number of nitrogens with two attached hydrogens (primary N) is 1. The Morgan fingerprint density at radius 1 is 1.44 bits per heavy atom. The molecule has 6 heteroatoms. The molecular formula is C10H17IN2O3. The summed E-state index contributed by atoms with van der Waals surface area (Å²) in [6, 6.07) is -0.827. The number of likely N-dealkylation sites (tertiary alicyclic amines) is 1. The summed E-state index contributed by atoms with van der Waals surface area (Å²) >= 11 is 1.68. The lowest BCUT2D eigenvalue weighted by Gasteiger charge is -2.27. The normalized spacial score (nSPS) is 25.7. The van der Waals surface area contributed by atoms with Crippen molar-refractivity contribution in [3.8, 4) is 0 Å². The Morgan fingerprint density at radius 2 is 2.00 bits per heavy atom. The molecule has 1 fully saturated rings. The Balaban J connectivity index is 2.73. The number of carbonyl (C=O) groups excluding carboxylic acids is 2. The van der Waals surface area contributed by atoms with Crippen molar-refractivity contribution in [1.29, 1.82) is 0 Å². The van der Waals surface area contributed by atoms with Crippen molar-refractivity contribution in [3.63, 3.8) is 0 Å². The molecule has 1 heterocycles. The topological polar surface area (TPSA) is 72.6 Å². The van der Waals surface area contributed by atoms with E-state index in [1.54, 1.807) is 43.4 Å². The van der Waals surface area contributed by atoms with Crippen LogP contribution in [0, 0.1) is 0 Å². The first kappa shape index (κ1) is 13.7. The van der Waals surface area contributed by atoms with E-state index >= 15 is 0 Å². The van der Waals surface area contributed by atoms with Crippen LogP contribution in [0.2, 0.25) is 0 Å². The van der Waals surface area contributed by atoms with Crippen LogP contribution in [0.3, 0.4) is 0 Å². The molecule has 0 radical (unpaired) electrons. The molecule has 92 valence electrons. The number of hydrogen-bond donors (Lipinski definition) is 1. The lowest BCUT2D eigenvalue weighted by Crippen LogP contribution is -2.47. The van der Waals surface area contributed by atoms with Crippen molar-refractivity contribution in [2.45, 2.75) is 44.9 Å². The zero-order chi connectivity index (χ0) is 12.5. The van der Waals surface area contributed by atoms with Crippen molar-refractivity contribution in [3.05, 3.63) is 0 Å². The second kappa shape index (κ2) is 4.87. The van der Waals surface area contributed by atoms with Crippen LogP contribution < -0.4 is 5.73 Å². The van der Waals surface area contributed by atoms with E-state index in [0.29, 0.717) is 13.0 Å². The Morgan fingerprint density at radius 3 is 2.44 bits per heavy atom. The smallest absolute Gasteiger partial charge is 0.410 e. The third kappa shape index (κ3) is 3.31. The van der Waals surface area contributed by atoms with Crippen molar-refractivity contribution in [2.24, 2.45) is 5.73 Å². The number of carbonyl (C=O) groups is 2. The Kier molecular flexibility index (Phi) is 4.17. The third-order valence-electron chi connectivity index (χ3n) is 2.31. The minimum Gasteiger partial charge on any atom is -0.444 e. The fourth-order valence-electron chi connectivity index (χ4n) is 1.63. The lowest BCUT2D eigenvalue weighted by molar-refractivity contribution is -0.113. The quantitative estimate of drug-likeness (QED) is 0.577. The van der Waals surface area contributed by atoms with Crippen molar-refractivity contribution in [1.82, 2.24) is 4.90 Å². The number of halogens is 1. The molecule has 0 bridgehead atoms. The van der Waals surface area contributed by atoms with Gasteiger partial charge in [0.1, 0.15) is 11.6 Å². The van der Waals surface area contributed by atoms with Crippen molar-refractivity contribution in [2.75, 3.05) is 6.54 Å². The van der Waals surface area contributed by atoms with Gasteiger partial charge >= 0.3 is 6.09 Å². The molecule has 1 aliphatic rings. The molecule has 1 saturated heterocycles. The van der Waals surface area contributed by atoms with Crippen LogP contribution >= 0.6 is 22.6 Å². The largest absolute Gasteiger partial charge is 0.444 e. The first-order valence-electron chi connectivity index (χ1n) is 5.17. The Bertz CT molecular complexity index is 301. The lowest BCUT2D eigenvalue weighted by atomic mass is 10.1. The van der Waals surface area contributed by atoms with Gasteiger partial charge in [0, 0.05) is 35.2 Å². The monoisotopic (exact) mass is 340 g/mol. The molecule has 5 nitrogen and oxygen atoms in total. The maximum absolute atomic E-state index is 11.8. The van der Waals surface area contributed by atoms with Crippen LogP contribution in [0.1, 0.15) is 27.2 Å². The van der Waals surface area contributed by atoms with Gasteiger partial charge in [-0.2, -0.15) is 0 Å². The Hall–Kier alpha value is -0.370. The van der Waals surface area contributed by atoms with E-state index in [-0.39, 0.29) is 9.83 Å². The van der Waals surface area contributed by atoms with Gasteiger partial charge in [-0.1, -0.05) is 0 Å². The zero-order valence-corrected chi connectivity index (χ0v) is 11.9. The van der Waals surface area contributed by atoms with Gasteiger partial charge in [0.05, 0.1) is 0 Å². The first-order chi connectivity index (χ1) is 7.22. The summed E-state index contributed by atoms with van der Waals surface area (Å²) in [6.45, 7) is 5.86. The number of hydrogen-bond acceptors (Lipinski definition) is 4. The van der Waals surface area contributed by atoms with Gasteiger partial charge in [0.2, 0.25) is 3.79 Å². The van der Waals surface area contributed by atoms with Crippen molar-refractivity contribution < 1.29 is 14.3 Å². The van der Waals surface area contributed by atoms with Gasteiger partial charge in [0.15, 0.2) is 0 Å². The average molecular weight is 340 g/mol. The van der Waals surface area contributed by atoms with E-state index in [1.807, 2.05) is 0 Å². The van der Waals surface area contributed by atoms with Crippen LogP contribution in [-0.4, -0.2) is 39.0 Å². The molecule has 0 spiro atoms. The molecule has 16 heavy (non-hydrogen) atoms. The SMILES string of the molecule is CC(C)(C)OC(=O)N1CCC(N)C1C(=O)I. The molecular weight excluding hydrogens is 323 g/mol. The summed E-state index contributed by atoms with van der Waals surface area (Å²) < 4.78 is 5.11. The standard InChI is InChI=1S/C10H17IN2O3/c1-10(2,3)16-9(15)13-5-4-6(12)7(13)8(11)14/h6-7H,4-5,12H2,1-3H3. The fourth-order valence-corrected chi connectivity index (χ4v) is 2.43. The third-order valence-corrected chi connectivity index (χ3v) is 2.94. The first-order valence-corrected chi connectivity index (χ1v) is 6.25. The molecule has 2 atom stereocenters. The maximum atomic E-state index is 11.8. The predicted molar refractivity (Wildman–Crippen MR) is 68.3 cm³/mol. The van der Waals surface area contributed by atoms with Gasteiger partial charge in [-0.15, -0.1) is 0 Å². The van der Waals surface area contributed by atoms with E-state index in [1.165, 1.54) is 4.90 Å². The van der Waals surface area contributed by atoms with Gasteiger partial charge in [-0.25, -0.2) is 4.79 Å². The molecule has 0 aromatic heterocycles. The summed E-state index contributed by atoms with van der Waals surface area (Å²) in [5, 5.41) is 0. The second-order valence-electron chi connectivity index (χ2n) is 4.88. The summed E-state index contributed by atoms with van der Waals surface area (Å²) in [4.78, 5) is 24.6. The summed E-state index contributed by atoms with van der Waals surface area (Å²) in [5.74, 6) is 0. The second-order valence-corrected chi connectivity index (χ2v) is 5.94. The Labute approximate surface area is 109 Å². The van der Waals surface area contributed by atoms with E-state index < -0.39 is 17.7 Å². The van der Waals surface area contributed by atoms with Crippen LogP contribution in [0.4, 0.5) is 4.79 Å². The number of amides is 1. The van der Waals surface area contributed by atoms with E-state index in [4.69, 9.17) is 10.5 Å². The zero-order valence-electron chi connectivity index (χ0n) is 9.70. The summed E-state index contributed by atoms with van der Waals surface area (Å²) in [7, 11) is 0. The minimum atomic E-state index is -0.553. The maximum Gasteiger partial charge on any atom is 0.410 e. The van der Waals surface area contributed by atoms with Gasteiger partial charge in [0.25, 0.3) is 0 Å². The highest BCUT2D eigenvalue weighted by Gasteiger charge is 2.40. The molecule has 2 unspecified atom stereocenters. The summed E-state index contributed by atoms with van der Waals surface area (Å²) in [5.41, 5.74) is 5.24. The van der Waals surface area contributed by atoms with E-state index in [2.05, 4.69) is 0 Å². The van der Waals surface area contributed by atoms with Crippen LogP contribution in [-0.2, 0) is 9.53 Å². The molecule has 0 aromatic rings. The predicted octanol–water partition coefficient (Wildman–Crippen LogP) is 1.28. The minimum absolute atomic E-state index is 0.117. The number of rotatable bonds is 1. The van der Waals surface area contributed by atoms with Gasteiger partial charge < -0.3 is 10.5 Å². The molecule has 2 N–H and O–H groups in total. The number of ether oxygens (including phenoxy) is 1. The van der Waals surface area contributed by atoms with Crippen LogP contribution in [0.5, 0.6) is 0 Å². The van der Waals surface area contributed by atoms with Crippen LogP contribution in [0.15, 0.2) is 0 Å². The van der Waals surface area contributed by atoms with Gasteiger partial charge in [-0.3, -0.25) is 9.69 Å². The molecule has 0 saturated carbocycles. The van der Waals surface area contributed by atoms with E-state index in [9.17, 15) is 9.59 Å². The highest BCUT2D eigenvalue weighted by molar-refractivity contribution is 14.1. The summed E-state index contributed by atoms with van der Waals surface area (Å²) in [6.07, 6.45) is 0.175. The highest BCUT2D eigenvalue weighted by atomic mass is 127. The average Bonchev–Trinajstić information content (AvgIpc) is 2.43. The van der Waals surface area contributed by atoms with Crippen LogP contribution in [0.25, 0.3) is 0 Å². The molecule has 1 rings (SSSR count). The fraction of sp³-hybridized carbons (Fsp3) is 0.800. The molecule has 0 aromatic carbocycles. The molecule has 0 aliphatic carbocycles. The van der Waals surface area contributed by atoms with E-state index in [0.717, 1.165) is 0 Å². The highest BCUT2D eigenvalue weighted by Crippen LogP contribution is 2.22. The molecule has 1 aliphatic heterocycles.